The molecule has 0 aliphatic carbocycles. The smallest absolute Gasteiger partial charge is 0.308 e. The molecule has 0 saturated carbocycles. The fourth-order valence-corrected chi connectivity index (χ4v) is 3.60. The number of likely N-dealkylation sites (N-methyl/N-ethyl adjacent to an activating group) is 1. The van der Waals surface area contributed by atoms with Crippen molar-refractivity contribution in [2.75, 3.05) is 67.0 Å². The Bertz CT molecular complexity index is 536. The second kappa shape index (κ2) is 27.8. The Morgan fingerprint density at radius 3 is 1.35 bits per heavy atom. The van der Waals surface area contributed by atoms with Crippen LogP contribution in [0.25, 0.3) is 0 Å². The molecule has 0 fully saturated rings. The minimum atomic E-state index is -0.344. The van der Waals surface area contributed by atoms with Gasteiger partial charge in [-0.15, -0.1) is 0 Å². The molecule has 0 radical (unpaired) electrons. The summed E-state index contributed by atoms with van der Waals surface area (Å²) in [5.74, 6) is -0.519. The zero-order valence-corrected chi connectivity index (χ0v) is 27.0. The Morgan fingerprint density at radius 2 is 1.07 bits per heavy atom. The largest absolute Gasteiger partial charge is 0.466 e. The summed E-state index contributed by atoms with van der Waals surface area (Å²) in [6.45, 7) is 17.6. The number of ether oxygens (including phenoxy) is 7. The van der Waals surface area contributed by atoms with E-state index in [1.807, 2.05) is 14.0 Å². The number of esters is 2. The van der Waals surface area contributed by atoms with Crippen molar-refractivity contribution in [1.29, 1.82) is 0 Å². The Kier molecular flexibility index (Phi) is 28.4. The minimum absolute atomic E-state index is 0.0520. The van der Waals surface area contributed by atoms with Gasteiger partial charge in [-0.3, -0.25) is 9.59 Å². The average molecular weight is 580 g/mol. The summed E-state index contributed by atoms with van der Waals surface area (Å²) in [6.07, 6.45) is 6.24. The van der Waals surface area contributed by atoms with Crippen LogP contribution < -0.4 is 5.32 Å². The third-order valence-corrected chi connectivity index (χ3v) is 6.67. The lowest BCUT2D eigenvalue weighted by molar-refractivity contribution is -0.145. The third-order valence-electron chi connectivity index (χ3n) is 6.67. The summed E-state index contributed by atoms with van der Waals surface area (Å²) < 4.78 is 37.8. The summed E-state index contributed by atoms with van der Waals surface area (Å²) in [6, 6.07) is 0. The van der Waals surface area contributed by atoms with Gasteiger partial charge in [-0.1, -0.05) is 34.6 Å². The van der Waals surface area contributed by atoms with Crippen LogP contribution >= 0.6 is 0 Å². The van der Waals surface area contributed by atoms with Gasteiger partial charge in [0.15, 0.2) is 0 Å². The van der Waals surface area contributed by atoms with E-state index in [-0.39, 0.29) is 36.4 Å². The van der Waals surface area contributed by atoms with E-state index in [4.69, 9.17) is 33.2 Å². The average Bonchev–Trinajstić information content (AvgIpc) is 2.97. The maximum atomic E-state index is 11.2. The molecule has 0 amide bonds. The highest BCUT2D eigenvalue weighted by atomic mass is 16.6. The van der Waals surface area contributed by atoms with Crippen molar-refractivity contribution in [1.82, 2.24) is 5.32 Å². The van der Waals surface area contributed by atoms with Gasteiger partial charge in [0, 0.05) is 7.11 Å². The van der Waals surface area contributed by atoms with Gasteiger partial charge >= 0.3 is 11.9 Å². The monoisotopic (exact) mass is 579 g/mol. The van der Waals surface area contributed by atoms with E-state index >= 15 is 0 Å². The quantitative estimate of drug-likeness (QED) is 0.121. The van der Waals surface area contributed by atoms with Crippen LogP contribution in [0.2, 0.25) is 0 Å². The highest BCUT2D eigenvalue weighted by molar-refractivity contribution is 5.69. The number of carbonyl (C=O) groups excluding carboxylic acids is 2. The third kappa shape index (κ3) is 21.4. The summed E-state index contributed by atoms with van der Waals surface area (Å²) in [7, 11) is 3.56. The molecule has 0 aromatic heterocycles. The molecule has 0 heterocycles. The molecule has 0 spiro atoms. The topological polar surface area (TPSA) is 111 Å². The molecule has 10 nitrogen and oxygen atoms in total. The van der Waals surface area contributed by atoms with Crippen LogP contribution in [0.5, 0.6) is 0 Å². The number of methoxy groups -OCH3 is 1. The van der Waals surface area contributed by atoms with Crippen LogP contribution in [0.4, 0.5) is 0 Å². The molecule has 0 unspecified atom stereocenters. The number of hydrogen-bond acceptors (Lipinski definition) is 10. The molecular weight excluding hydrogens is 518 g/mol. The molecule has 0 bridgehead atoms. The predicted octanol–water partition coefficient (Wildman–Crippen LogP) is 4.71. The minimum Gasteiger partial charge on any atom is -0.466 e. The van der Waals surface area contributed by atoms with E-state index < -0.39 is 0 Å². The van der Waals surface area contributed by atoms with Crippen molar-refractivity contribution in [3.05, 3.63) is 0 Å². The molecule has 0 aliphatic heterocycles. The van der Waals surface area contributed by atoms with Crippen molar-refractivity contribution >= 4 is 11.9 Å². The maximum absolute atomic E-state index is 11.2. The molecular formula is C30H61NO9. The molecule has 10 heteroatoms. The molecule has 1 N–H and O–H groups in total. The molecule has 0 aromatic carbocycles. The lowest BCUT2D eigenvalue weighted by Crippen LogP contribution is -2.51. The van der Waals surface area contributed by atoms with Gasteiger partial charge in [0.2, 0.25) is 0 Å². The van der Waals surface area contributed by atoms with E-state index in [9.17, 15) is 9.59 Å². The Hall–Kier alpha value is -1.30. The molecule has 0 rings (SSSR count). The lowest BCUT2D eigenvalue weighted by atomic mass is 9.99. The van der Waals surface area contributed by atoms with E-state index in [0.717, 1.165) is 32.1 Å². The number of carbonyl (C=O) groups is 2. The van der Waals surface area contributed by atoms with Crippen LogP contribution in [-0.4, -0.2) is 103 Å². The molecule has 40 heavy (non-hydrogen) atoms. The summed E-state index contributed by atoms with van der Waals surface area (Å²) >= 11 is 0. The van der Waals surface area contributed by atoms with Crippen LogP contribution in [-0.2, 0) is 42.7 Å². The maximum Gasteiger partial charge on any atom is 0.308 e. The van der Waals surface area contributed by atoms with Crippen LogP contribution in [0.15, 0.2) is 0 Å². The Balaban J connectivity index is 0. The lowest BCUT2D eigenvalue weighted by Gasteiger charge is -2.32. The van der Waals surface area contributed by atoms with E-state index in [2.05, 4.69) is 33.0 Å². The van der Waals surface area contributed by atoms with Gasteiger partial charge in [0.1, 0.15) is 6.10 Å². The van der Waals surface area contributed by atoms with Crippen molar-refractivity contribution in [2.24, 2.45) is 0 Å². The second-order valence-corrected chi connectivity index (χ2v) is 9.50. The van der Waals surface area contributed by atoms with Gasteiger partial charge < -0.3 is 38.5 Å². The van der Waals surface area contributed by atoms with Gasteiger partial charge in [0.25, 0.3) is 0 Å². The van der Waals surface area contributed by atoms with Gasteiger partial charge in [-0.05, 0) is 53.0 Å². The summed E-state index contributed by atoms with van der Waals surface area (Å²) in [5.41, 5.74) is -0.344. The predicted molar refractivity (Wildman–Crippen MR) is 158 cm³/mol. The first-order valence-electron chi connectivity index (χ1n) is 15.2. The SMILES string of the molecule is CCC(CC)OCC(COC(CC)CC)OC.CCOC(=O)CCOCC(CC)(COCCC(=O)OCC)NC. The Morgan fingerprint density at radius 1 is 0.675 bits per heavy atom. The second-order valence-electron chi connectivity index (χ2n) is 9.50. The highest BCUT2D eigenvalue weighted by Crippen LogP contribution is 2.12. The van der Waals surface area contributed by atoms with Gasteiger partial charge in [-0.25, -0.2) is 0 Å². The fourth-order valence-electron chi connectivity index (χ4n) is 3.60. The highest BCUT2D eigenvalue weighted by Gasteiger charge is 2.27. The standard InChI is InChI=1S/C16H31NO6.C14H30O3/c1-5-16(17-4,12-20-10-8-14(18)22-6-2)13-21-11-9-15(19)23-7-3;1-6-12(7-2)16-10-14(15-5)11-17-13(8-3)9-4/h17H,5-13H2,1-4H3;12-14H,6-11H2,1-5H3. The normalized spacial score (nSPS) is 11.6. The molecule has 240 valence electrons. The van der Waals surface area contributed by atoms with Crippen molar-refractivity contribution in [3.63, 3.8) is 0 Å². The first-order chi connectivity index (χ1) is 19.2. The van der Waals surface area contributed by atoms with Crippen LogP contribution in [0.3, 0.4) is 0 Å². The molecule has 0 aliphatic rings. The van der Waals surface area contributed by atoms with Crippen molar-refractivity contribution < 1.29 is 42.7 Å². The van der Waals surface area contributed by atoms with Gasteiger partial charge in [0.05, 0.1) is 83.4 Å². The molecule has 0 saturated heterocycles. The zero-order chi connectivity index (χ0) is 30.7. The van der Waals surface area contributed by atoms with Gasteiger partial charge in [-0.2, -0.15) is 0 Å². The van der Waals surface area contributed by atoms with Crippen molar-refractivity contribution in [2.45, 2.75) is 117 Å². The Labute approximate surface area is 244 Å². The van der Waals surface area contributed by atoms with Crippen LogP contribution in [0, 0.1) is 0 Å². The number of hydrogen-bond donors (Lipinski definition) is 1. The molecule has 0 aromatic rings. The molecule has 0 atom stereocenters. The van der Waals surface area contributed by atoms with Crippen LogP contribution in [0.1, 0.15) is 93.4 Å². The van der Waals surface area contributed by atoms with Crippen molar-refractivity contribution in [3.8, 4) is 0 Å². The zero-order valence-electron chi connectivity index (χ0n) is 27.0. The fraction of sp³-hybridized carbons (Fsp3) is 0.933. The first kappa shape index (κ1) is 40.8. The van der Waals surface area contributed by atoms with E-state index in [0.29, 0.717) is 65.1 Å². The number of nitrogens with one attached hydrogen (secondary N) is 1. The first-order valence-corrected chi connectivity index (χ1v) is 15.2. The van der Waals surface area contributed by atoms with E-state index in [1.54, 1.807) is 21.0 Å². The van der Waals surface area contributed by atoms with E-state index in [1.165, 1.54) is 0 Å². The summed E-state index contributed by atoms with van der Waals surface area (Å²) in [4.78, 5) is 22.5. The summed E-state index contributed by atoms with van der Waals surface area (Å²) in [5, 5.41) is 3.21. The number of rotatable bonds is 25.